The second kappa shape index (κ2) is 7.06. The molecule has 2 aromatic carbocycles. The highest BCUT2D eigenvalue weighted by Crippen LogP contribution is 2.33. The zero-order valence-corrected chi connectivity index (χ0v) is 15.6. The Morgan fingerprint density at radius 3 is 2.96 bits per heavy atom. The number of anilines is 1. The smallest absolute Gasteiger partial charge is 0.269 e. The van der Waals surface area contributed by atoms with E-state index < -0.39 is 0 Å². The molecule has 0 saturated carbocycles. The van der Waals surface area contributed by atoms with Crippen LogP contribution in [0.15, 0.2) is 41.3 Å². The number of hydrazine groups is 1. The normalized spacial score (nSPS) is 13.5. The van der Waals surface area contributed by atoms with Crippen LogP contribution in [0, 0.1) is 0 Å². The molecule has 0 aliphatic heterocycles. The SMILES string of the molecule is CSc1cccc(C(=O)NNc2nc3c4c(ccc3s2)CCCC4)c1. The van der Waals surface area contributed by atoms with E-state index in [2.05, 4.69) is 23.0 Å². The number of fused-ring (bicyclic) bond motifs is 3. The lowest BCUT2D eigenvalue weighted by molar-refractivity contribution is 0.0962. The number of thioether (sulfide) groups is 1. The van der Waals surface area contributed by atoms with E-state index in [0.717, 1.165) is 28.4 Å². The van der Waals surface area contributed by atoms with Gasteiger partial charge in [0.15, 0.2) is 0 Å². The van der Waals surface area contributed by atoms with Crippen LogP contribution in [0.25, 0.3) is 10.2 Å². The van der Waals surface area contributed by atoms with Crippen molar-refractivity contribution in [3.05, 3.63) is 53.1 Å². The second-order valence-corrected chi connectivity index (χ2v) is 8.00. The zero-order valence-electron chi connectivity index (χ0n) is 14.0. The van der Waals surface area contributed by atoms with Gasteiger partial charge >= 0.3 is 0 Å². The number of hydrogen-bond acceptors (Lipinski definition) is 5. The molecule has 2 N–H and O–H groups in total. The minimum absolute atomic E-state index is 0.155. The van der Waals surface area contributed by atoms with Crippen molar-refractivity contribution in [1.29, 1.82) is 0 Å². The van der Waals surface area contributed by atoms with E-state index in [1.807, 2.05) is 30.5 Å². The number of nitrogens with one attached hydrogen (secondary N) is 2. The number of aromatic nitrogens is 1. The van der Waals surface area contributed by atoms with Gasteiger partial charge in [-0.1, -0.05) is 23.5 Å². The number of aryl methyl sites for hydroxylation is 2. The van der Waals surface area contributed by atoms with Crippen LogP contribution in [0.5, 0.6) is 0 Å². The molecule has 0 unspecified atom stereocenters. The molecule has 3 aromatic rings. The summed E-state index contributed by atoms with van der Waals surface area (Å²) in [7, 11) is 0. The van der Waals surface area contributed by atoms with Crippen molar-refractivity contribution < 1.29 is 4.79 Å². The minimum atomic E-state index is -0.155. The Hall–Kier alpha value is -2.05. The van der Waals surface area contributed by atoms with Gasteiger partial charge < -0.3 is 0 Å². The van der Waals surface area contributed by atoms with Gasteiger partial charge in [0.05, 0.1) is 10.2 Å². The van der Waals surface area contributed by atoms with Crippen molar-refractivity contribution in [3.63, 3.8) is 0 Å². The predicted octanol–water partition coefficient (Wildman–Crippen LogP) is 4.65. The standard InChI is InChI=1S/C19H19N3OS2/c1-24-14-7-4-6-13(11-14)18(23)21-22-19-20-17-15-8-3-2-5-12(15)9-10-16(17)25-19/h4,6-7,9-11H,2-3,5,8H2,1H3,(H,20,22)(H,21,23). The highest BCUT2D eigenvalue weighted by Gasteiger charge is 2.16. The molecule has 1 aliphatic carbocycles. The largest absolute Gasteiger partial charge is 0.273 e. The summed E-state index contributed by atoms with van der Waals surface area (Å²) in [5.41, 5.74) is 10.3. The number of carbonyl (C=O) groups excluding carboxylic acids is 1. The molecular weight excluding hydrogens is 350 g/mol. The number of hydrogen-bond donors (Lipinski definition) is 2. The summed E-state index contributed by atoms with van der Waals surface area (Å²) in [5, 5.41) is 0.725. The van der Waals surface area contributed by atoms with Gasteiger partial charge in [-0.3, -0.25) is 15.6 Å². The third-order valence-corrected chi connectivity index (χ3v) is 6.16. The maximum absolute atomic E-state index is 12.3. The summed E-state index contributed by atoms with van der Waals surface area (Å²) >= 11 is 3.19. The van der Waals surface area contributed by atoms with Crippen molar-refractivity contribution in [2.24, 2.45) is 0 Å². The van der Waals surface area contributed by atoms with Gasteiger partial charge in [0.25, 0.3) is 5.91 Å². The summed E-state index contributed by atoms with van der Waals surface area (Å²) in [6, 6.07) is 12.0. The minimum Gasteiger partial charge on any atom is -0.273 e. The van der Waals surface area contributed by atoms with Crippen LogP contribution in [0.4, 0.5) is 5.13 Å². The van der Waals surface area contributed by atoms with Crippen molar-refractivity contribution in [2.45, 2.75) is 30.6 Å². The molecule has 0 atom stereocenters. The first-order valence-electron chi connectivity index (χ1n) is 8.36. The zero-order chi connectivity index (χ0) is 17.2. The average molecular weight is 370 g/mol. The number of rotatable bonds is 4. The summed E-state index contributed by atoms with van der Waals surface area (Å²) in [6.45, 7) is 0. The van der Waals surface area contributed by atoms with Gasteiger partial charge in [-0.05, 0) is 67.3 Å². The topological polar surface area (TPSA) is 54.0 Å². The fourth-order valence-corrected chi connectivity index (χ4v) is 4.53. The lowest BCUT2D eigenvalue weighted by Gasteiger charge is -2.15. The van der Waals surface area contributed by atoms with Crippen LogP contribution in [0.2, 0.25) is 0 Å². The van der Waals surface area contributed by atoms with Crippen LogP contribution in [0.1, 0.15) is 34.3 Å². The molecule has 0 spiro atoms. The van der Waals surface area contributed by atoms with Gasteiger partial charge in [-0.25, -0.2) is 4.98 Å². The highest BCUT2D eigenvalue weighted by atomic mass is 32.2. The first kappa shape index (κ1) is 16.4. The molecule has 1 amide bonds. The molecule has 0 radical (unpaired) electrons. The molecule has 6 heteroatoms. The quantitative estimate of drug-likeness (QED) is 0.519. The van der Waals surface area contributed by atoms with Crippen LogP contribution in [-0.2, 0) is 12.8 Å². The second-order valence-electron chi connectivity index (χ2n) is 6.09. The van der Waals surface area contributed by atoms with E-state index in [4.69, 9.17) is 4.98 Å². The molecule has 0 bridgehead atoms. The van der Waals surface area contributed by atoms with E-state index in [0.29, 0.717) is 5.56 Å². The number of benzene rings is 2. The third kappa shape index (κ3) is 3.37. The lowest BCUT2D eigenvalue weighted by Crippen LogP contribution is -2.29. The number of thiazole rings is 1. The Labute approximate surface area is 155 Å². The van der Waals surface area contributed by atoms with Crippen molar-refractivity contribution in [2.75, 3.05) is 11.7 Å². The molecule has 0 saturated heterocycles. The molecule has 25 heavy (non-hydrogen) atoms. The Bertz CT molecular complexity index is 936. The first-order valence-corrected chi connectivity index (χ1v) is 10.4. The summed E-state index contributed by atoms with van der Waals surface area (Å²) in [4.78, 5) is 18.1. The van der Waals surface area contributed by atoms with Crippen LogP contribution >= 0.6 is 23.1 Å². The van der Waals surface area contributed by atoms with Crippen molar-refractivity contribution >= 4 is 44.4 Å². The number of nitrogens with zero attached hydrogens (tertiary/aromatic N) is 1. The molecular formula is C19H19N3OS2. The fraction of sp³-hybridized carbons (Fsp3) is 0.263. The average Bonchev–Trinajstić information content (AvgIpc) is 3.10. The monoisotopic (exact) mass is 369 g/mol. The van der Waals surface area contributed by atoms with Crippen LogP contribution in [0.3, 0.4) is 0 Å². The molecule has 1 heterocycles. The molecule has 4 nitrogen and oxygen atoms in total. The molecule has 1 aliphatic rings. The fourth-order valence-electron chi connectivity index (χ4n) is 3.22. The van der Waals surface area contributed by atoms with Gasteiger partial charge in [-0.2, -0.15) is 0 Å². The molecule has 0 fully saturated rings. The number of amides is 1. The van der Waals surface area contributed by atoms with Gasteiger partial charge in [0.1, 0.15) is 0 Å². The molecule has 4 rings (SSSR count). The van der Waals surface area contributed by atoms with E-state index in [-0.39, 0.29) is 5.91 Å². The Balaban J connectivity index is 1.52. The van der Waals surface area contributed by atoms with Crippen molar-refractivity contribution in [3.8, 4) is 0 Å². The maximum Gasteiger partial charge on any atom is 0.269 e. The van der Waals surface area contributed by atoms with E-state index in [1.165, 1.54) is 28.7 Å². The van der Waals surface area contributed by atoms with E-state index >= 15 is 0 Å². The van der Waals surface area contributed by atoms with Gasteiger partial charge in [0, 0.05) is 10.5 Å². The molecule has 128 valence electrons. The summed E-state index contributed by atoms with van der Waals surface area (Å²) in [6.07, 6.45) is 6.74. The number of carbonyl (C=O) groups is 1. The Morgan fingerprint density at radius 1 is 1.20 bits per heavy atom. The summed E-state index contributed by atoms with van der Waals surface area (Å²) in [5.74, 6) is -0.155. The third-order valence-electron chi connectivity index (χ3n) is 4.50. The van der Waals surface area contributed by atoms with Crippen LogP contribution in [-0.4, -0.2) is 17.1 Å². The lowest BCUT2D eigenvalue weighted by atomic mass is 9.91. The Kier molecular flexibility index (Phi) is 4.63. The molecule has 1 aromatic heterocycles. The Morgan fingerprint density at radius 2 is 2.08 bits per heavy atom. The first-order chi connectivity index (χ1) is 12.2. The maximum atomic E-state index is 12.3. The van der Waals surface area contributed by atoms with Gasteiger partial charge in [-0.15, -0.1) is 11.8 Å². The van der Waals surface area contributed by atoms with Crippen LogP contribution < -0.4 is 10.9 Å². The summed E-state index contributed by atoms with van der Waals surface area (Å²) < 4.78 is 1.17. The predicted molar refractivity (Wildman–Crippen MR) is 106 cm³/mol. The van der Waals surface area contributed by atoms with Crippen molar-refractivity contribution in [1.82, 2.24) is 10.4 Å². The van der Waals surface area contributed by atoms with E-state index in [1.54, 1.807) is 23.1 Å². The van der Waals surface area contributed by atoms with Gasteiger partial charge in [0.2, 0.25) is 5.13 Å². The highest BCUT2D eigenvalue weighted by molar-refractivity contribution is 7.98. The van der Waals surface area contributed by atoms with E-state index in [9.17, 15) is 4.79 Å².